The molecule has 0 spiro atoms. The average Bonchev–Trinajstić information content (AvgIpc) is 3.17. The van der Waals surface area contributed by atoms with Crippen LogP contribution in [0.25, 0.3) is 0 Å². The summed E-state index contributed by atoms with van der Waals surface area (Å²) >= 11 is 0. The van der Waals surface area contributed by atoms with E-state index in [0.717, 1.165) is 44.9 Å². The van der Waals surface area contributed by atoms with Crippen molar-refractivity contribution in [3.63, 3.8) is 0 Å². The molecule has 0 aromatic rings. The molecule has 0 aliphatic heterocycles. The largest absolute Gasteiger partial charge is 0.756 e. The van der Waals surface area contributed by atoms with Crippen LogP contribution in [0.2, 0.25) is 0 Å². The zero-order valence-electron chi connectivity index (χ0n) is 38.8. The van der Waals surface area contributed by atoms with Crippen LogP contribution in [0.1, 0.15) is 232 Å². The maximum Gasteiger partial charge on any atom is 0.306 e. The number of allylic oxidation sites excluding steroid dienone is 2. The third-order valence-electron chi connectivity index (χ3n) is 10.8. The molecule has 0 N–H and O–H groups in total. The molecule has 0 amide bonds. The molecule has 344 valence electrons. The Hall–Kier alpha value is -1.25. The molecule has 0 aromatic carbocycles. The summed E-state index contributed by atoms with van der Waals surface area (Å²) in [6, 6.07) is 0. The number of carbonyl (C=O) groups excluding carboxylic acids is 2. The smallest absolute Gasteiger partial charge is 0.306 e. The Balaban J connectivity index is 4.27. The fourth-order valence-electron chi connectivity index (χ4n) is 6.95. The second kappa shape index (κ2) is 41.1. The number of phosphoric ester groups is 1. The Morgan fingerprint density at radius 1 is 0.517 bits per heavy atom. The first-order valence-corrected chi connectivity index (χ1v) is 25.9. The van der Waals surface area contributed by atoms with Crippen LogP contribution in [0.4, 0.5) is 0 Å². The summed E-state index contributed by atoms with van der Waals surface area (Å²) < 4.78 is 34.0. The predicted octanol–water partition coefficient (Wildman–Crippen LogP) is 13.5. The predicted molar refractivity (Wildman–Crippen MR) is 241 cm³/mol. The maximum absolute atomic E-state index is 12.7. The molecule has 0 saturated heterocycles. The van der Waals surface area contributed by atoms with Gasteiger partial charge in [0, 0.05) is 12.8 Å². The van der Waals surface area contributed by atoms with Crippen LogP contribution >= 0.6 is 7.82 Å². The monoisotopic (exact) mass is 844 g/mol. The highest BCUT2D eigenvalue weighted by Gasteiger charge is 2.21. The SMILES string of the molecule is CCCCCCCCC/C=C\CCCCCCCCCC(=O)OC(COC(=O)CCCCCCCCCCCCCCCCCC)COP(=O)([O-])OCC[N+](C)(C)C. The van der Waals surface area contributed by atoms with Crippen molar-refractivity contribution in [2.45, 2.75) is 238 Å². The number of hydrogen-bond acceptors (Lipinski definition) is 8. The van der Waals surface area contributed by atoms with Gasteiger partial charge in [0.25, 0.3) is 7.82 Å². The van der Waals surface area contributed by atoms with Gasteiger partial charge in [-0.1, -0.05) is 193 Å². The molecule has 58 heavy (non-hydrogen) atoms. The van der Waals surface area contributed by atoms with E-state index in [4.69, 9.17) is 18.5 Å². The zero-order valence-corrected chi connectivity index (χ0v) is 39.7. The molecule has 0 aliphatic rings. The Morgan fingerprint density at radius 2 is 0.879 bits per heavy atom. The van der Waals surface area contributed by atoms with Gasteiger partial charge in [-0.05, 0) is 38.5 Å². The number of unbranched alkanes of at least 4 members (excludes halogenated alkanes) is 29. The van der Waals surface area contributed by atoms with Gasteiger partial charge in [-0.3, -0.25) is 14.2 Å². The minimum Gasteiger partial charge on any atom is -0.756 e. The number of phosphoric acid groups is 1. The third kappa shape index (κ3) is 44.3. The number of rotatable bonds is 45. The quantitative estimate of drug-likeness (QED) is 0.0196. The van der Waals surface area contributed by atoms with Crippen LogP contribution in [0.5, 0.6) is 0 Å². The molecule has 0 aliphatic carbocycles. The average molecular weight is 844 g/mol. The lowest BCUT2D eigenvalue weighted by Gasteiger charge is -2.28. The minimum atomic E-state index is -4.62. The van der Waals surface area contributed by atoms with Gasteiger partial charge >= 0.3 is 11.9 Å². The van der Waals surface area contributed by atoms with E-state index in [9.17, 15) is 19.0 Å². The van der Waals surface area contributed by atoms with Crippen LogP contribution in [0.15, 0.2) is 12.2 Å². The van der Waals surface area contributed by atoms with E-state index >= 15 is 0 Å². The Labute approximate surface area is 358 Å². The van der Waals surface area contributed by atoms with E-state index in [1.807, 2.05) is 21.1 Å². The minimum absolute atomic E-state index is 0.0283. The van der Waals surface area contributed by atoms with E-state index in [0.29, 0.717) is 17.4 Å². The van der Waals surface area contributed by atoms with Crippen LogP contribution in [-0.2, 0) is 32.7 Å². The van der Waals surface area contributed by atoms with Crippen molar-refractivity contribution in [1.29, 1.82) is 0 Å². The van der Waals surface area contributed by atoms with Crippen LogP contribution in [0.3, 0.4) is 0 Å². The van der Waals surface area contributed by atoms with Gasteiger partial charge in [0.05, 0.1) is 27.7 Å². The third-order valence-corrected chi connectivity index (χ3v) is 11.7. The lowest BCUT2D eigenvalue weighted by Crippen LogP contribution is -2.37. The number of nitrogens with zero attached hydrogens (tertiary/aromatic N) is 1. The lowest BCUT2D eigenvalue weighted by atomic mass is 10.0. The molecule has 0 rings (SSSR count). The molecule has 9 nitrogen and oxygen atoms in total. The zero-order chi connectivity index (χ0) is 42.8. The summed E-state index contributed by atoms with van der Waals surface area (Å²) in [7, 11) is 1.17. The van der Waals surface area contributed by atoms with Gasteiger partial charge in [-0.15, -0.1) is 0 Å². The summed E-state index contributed by atoms with van der Waals surface area (Å²) in [6.45, 7) is 4.26. The summed E-state index contributed by atoms with van der Waals surface area (Å²) in [5.74, 6) is -0.826. The van der Waals surface area contributed by atoms with E-state index in [-0.39, 0.29) is 32.0 Å². The standard InChI is InChI=1S/C48H94NO8P/c1-6-8-10-12-14-16-18-20-22-24-25-27-29-31-33-35-37-39-41-48(51)57-46(45-56-58(52,53)55-43-42-49(3,4)5)44-54-47(50)40-38-36-34-32-30-28-26-23-21-19-17-15-13-11-9-7-2/h22,24,46H,6-21,23,25-45H2,1-5H3/b24-22-. The molecule has 0 radical (unpaired) electrons. The number of ether oxygens (including phenoxy) is 2. The van der Waals surface area contributed by atoms with E-state index < -0.39 is 26.5 Å². The number of hydrogen-bond donors (Lipinski definition) is 0. The van der Waals surface area contributed by atoms with Crippen molar-refractivity contribution in [3.8, 4) is 0 Å². The van der Waals surface area contributed by atoms with Gasteiger partial charge in [0.15, 0.2) is 6.10 Å². The molecule has 2 atom stereocenters. The fourth-order valence-corrected chi connectivity index (χ4v) is 7.67. The summed E-state index contributed by atoms with van der Waals surface area (Å²) in [4.78, 5) is 37.6. The molecule has 0 heterocycles. The molecule has 0 bridgehead atoms. The topological polar surface area (TPSA) is 111 Å². The van der Waals surface area contributed by atoms with E-state index in [1.165, 1.54) is 154 Å². The number of likely N-dealkylation sites (N-methyl/N-ethyl adjacent to an activating group) is 1. The Morgan fingerprint density at radius 3 is 1.28 bits per heavy atom. The molecule has 10 heteroatoms. The summed E-state index contributed by atoms with van der Waals surface area (Å²) in [5.41, 5.74) is 0. The highest BCUT2D eigenvalue weighted by atomic mass is 31.2. The normalized spacial score (nSPS) is 13.6. The van der Waals surface area contributed by atoms with Gasteiger partial charge < -0.3 is 27.9 Å². The van der Waals surface area contributed by atoms with E-state index in [2.05, 4.69) is 26.0 Å². The van der Waals surface area contributed by atoms with Gasteiger partial charge in [-0.25, -0.2) is 0 Å². The highest BCUT2D eigenvalue weighted by Crippen LogP contribution is 2.38. The first-order chi connectivity index (χ1) is 28.0. The van der Waals surface area contributed by atoms with Crippen LogP contribution in [0, 0.1) is 0 Å². The Bertz CT molecular complexity index is 1000. The van der Waals surface area contributed by atoms with Gasteiger partial charge in [0.2, 0.25) is 0 Å². The Kier molecular flexibility index (Phi) is 40.2. The van der Waals surface area contributed by atoms with Crippen molar-refractivity contribution in [3.05, 3.63) is 12.2 Å². The number of esters is 2. The van der Waals surface area contributed by atoms with Crippen LogP contribution in [-0.4, -0.2) is 70.0 Å². The molecular formula is C48H94NO8P. The van der Waals surface area contributed by atoms with Gasteiger partial charge in [0.1, 0.15) is 19.8 Å². The number of quaternary nitrogens is 1. The number of carbonyl (C=O) groups is 2. The molecular weight excluding hydrogens is 750 g/mol. The van der Waals surface area contributed by atoms with E-state index in [1.54, 1.807) is 0 Å². The van der Waals surface area contributed by atoms with Crippen molar-refractivity contribution in [2.24, 2.45) is 0 Å². The van der Waals surface area contributed by atoms with Crippen molar-refractivity contribution < 1.29 is 42.1 Å². The first-order valence-electron chi connectivity index (χ1n) is 24.4. The van der Waals surface area contributed by atoms with Crippen molar-refractivity contribution in [2.75, 3.05) is 47.5 Å². The summed E-state index contributed by atoms with van der Waals surface area (Å²) in [5, 5.41) is 0. The second-order valence-electron chi connectivity index (χ2n) is 17.8. The van der Waals surface area contributed by atoms with Crippen molar-refractivity contribution in [1.82, 2.24) is 0 Å². The van der Waals surface area contributed by atoms with Crippen LogP contribution < -0.4 is 4.89 Å². The fraction of sp³-hybridized carbons (Fsp3) is 0.917. The summed E-state index contributed by atoms with van der Waals surface area (Å²) in [6.07, 6.45) is 43.7. The van der Waals surface area contributed by atoms with Gasteiger partial charge in [-0.2, -0.15) is 0 Å². The molecule has 0 fully saturated rings. The molecule has 2 unspecified atom stereocenters. The second-order valence-corrected chi connectivity index (χ2v) is 19.2. The lowest BCUT2D eigenvalue weighted by molar-refractivity contribution is -0.870. The molecule has 0 saturated carbocycles. The molecule has 0 aromatic heterocycles. The maximum atomic E-state index is 12.7. The highest BCUT2D eigenvalue weighted by molar-refractivity contribution is 7.45. The first kappa shape index (κ1) is 56.8. The van der Waals surface area contributed by atoms with Crippen molar-refractivity contribution >= 4 is 19.8 Å².